The van der Waals surface area contributed by atoms with Crippen LogP contribution >= 0.6 is 28.1 Å². The van der Waals surface area contributed by atoms with Gasteiger partial charge in [0.1, 0.15) is 0 Å². The fraction of sp³-hybridized carbons (Fsp3) is 0.222. The molecule has 0 fully saturated rings. The van der Waals surface area contributed by atoms with Crippen molar-refractivity contribution in [1.82, 2.24) is 21.2 Å². The van der Waals surface area contributed by atoms with Crippen molar-refractivity contribution in [2.45, 2.75) is 26.2 Å². The van der Waals surface area contributed by atoms with Crippen LogP contribution in [0.2, 0.25) is 0 Å². The summed E-state index contributed by atoms with van der Waals surface area (Å²) >= 11 is 8.54. The molecule has 0 atom stereocenters. The minimum absolute atomic E-state index is 0.00609. The van der Waals surface area contributed by atoms with Crippen LogP contribution in [0.4, 0.5) is 0 Å². The van der Waals surface area contributed by atoms with Gasteiger partial charge in [-0.25, -0.2) is 0 Å². The van der Waals surface area contributed by atoms with Crippen molar-refractivity contribution in [2.24, 2.45) is 0 Å². The lowest BCUT2D eigenvalue weighted by molar-refractivity contribution is 0.0934. The second kappa shape index (κ2) is 8.37. The molecule has 0 aliphatic carbocycles. The van der Waals surface area contributed by atoms with Crippen molar-refractivity contribution in [3.05, 3.63) is 63.9 Å². The number of amides is 2. The van der Waals surface area contributed by atoms with Crippen molar-refractivity contribution in [3.63, 3.8) is 0 Å². The molecule has 2 amide bonds. The first-order valence-corrected chi connectivity index (χ1v) is 9.00. The number of halogens is 1. The largest absolute Gasteiger partial charge is 0.298 e. The summed E-state index contributed by atoms with van der Waals surface area (Å²) < 4.78 is 0.850. The second-order valence-corrected chi connectivity index (χ2v) is 7.81. The van der Waals surface area contributed by atoms with Crippen molar-refractivity contribution in [2.75, 3.05) is 0 Å². The molecule has 1 heterocycles. The number of thiocarbonyl (C=S) groups is 1. The minimum Gasteiger partial charge on any atom is -0.298 e. The summed E-state index contributed by atoms with van der Waals surface area (Å²) in [4.78, 5) is 28.0. The monoisotopic (exact) mass is 434 g/mol. The van der Waals surface area contributed by atoms with E-state index >= 15 is 0 Å². The smallest absolute Gasteiger partial charge is 0.269 e. The summed E-state index contributed by atoms with van der Waals surface area (Å²) in [6, 6.07) is 8.51. The summed E-state index contributed by atoms with van der Waals surface area (Å²) in [6.45, 7) is 6.28. The van der Waals surface area contributed by atoms with Gasteiger partial charge >= 0.3 is 0 Å². The van der Waals surface area contributed by atoms with Gasteiger partial charge in [0.15, 0.2) is 5.11 Å². The fourth-order valence-corrected chi connectivity index (χ4v) is 3.28. The number of hydrogen-bond donors (Lipinski definition) is 3. The highest BCUT2D eigenvalue weighted by molar-refractivity contribution is 9.10. The van der Waals surface area contributed by atoms with E-state index in [9.17, 15) is 9.59 Å². The third-order valence-electron chi connectivity index (χ3n) is 3.50. The summed E-state index contributed by atoms with van der Waals surface area (Å²) in [5.74, 6) is -0.761. The SMILES string of the molecule is CC(C)(C)c1ccc(C(=O)NC(=S)NNC(=O)c2ccncc2)cc1Br. The van der Waals surface area contributed by atoms with E-state index in [0.717, 1.165) is 10.0 Å². The van der Waals surface area contributed by atoms with Crippen LogP contribution in [-0.4, -0.2) is 21.9 Å². The van der Waals surface area contributed by atoms with E-state index in [1.54, 1.807) is 24.3 Å². The van der Waals surface area contributed by atoms with Gasteiger partial charge in [-0.05, 0) is 47.5 Å². The quantitative estimate of drug-likeness (QED) is 0.499. The molecule has 0 unspecified atom stereocenters. The van der Waals surface area contributed by atoms with Crippen LogP contribution in [0.3, 0.4) is 0 Å². The number of rotatable bonds is 2. The highest BCUT2D eigenvalue weighted by atomic mass is 79.9. The van der Waals surface area contributed by atoms with Crippen LogP contribution in [0.5, 0.6) is 0 Å². The van der Waals surface area contributed by atoms with Gasteiger partial charge in [-0.3, -0.25) is 30.7 Å². The number of nitrogens with zero attached hydrogens (tertiary/aromatic N) is 1. The van der Waals surface area contributed by atoms with E-state index in [0.29, 0.717) is 11.1 Å². The van der Waals surface area contributed by atoms with Crippen molar-refractivity contribution < 1.29 is 9.59 Å². The number of pyridine rings is 1. The van der Waals surface area contributed by atoms with Crippen LogP contribution in [0.15, 0.2) is 47.2 Å². The Labute approximate surface area is 165 Å². The maximum Gasteiger partial charge on any atom is 0.269 e. The molecule has 2 aromatic rings. The molecule has 1 aromatic carbocycles. The zero-order valence-corrected chi connectivity index (χ0v) is 17.0. The van der Waals surface area contributed by atoms with Gasteiger partial charge in [-0.15, -0.1) is 0 Å². The molecule has 8 heteroatoms. The number of nitrogens with one attached hydrogen (secondary N) is 3. The molecule has 136 valence electrons. The van der Waals surface area contributed by atoms with E-state index in [2.05, 4.69) is 57.9 Å². The highest BCUT2D eigenvalue weighted by Gasteiger charge is 2.18. The fourth-order valence-electron chi connectivity index (χ4n) is 2.16. The Balaban J connectivity index is 1.94. The van der Waals surface area contributed by atoms with Crippen LogP contribution in [-0.2, 0) is 5.41 Å². The van der Waals surface area contributed by atoms with Gasteiger partial charge in [-0.2, -0.15) is 0 Å². The Morgan fingerprint density at radius 1 is 1.00 bits per heavy atom. The topological polar surface area (TPSA) is 83.1 Å². The van der Waals surface area contributed by atoms with Crippen LogP contribution < -0.4 is 16.2 Å². The molecule has 1 aromatic heterocycles. The van der Waals surface area contributed by atoms with Gasteiger partial charge in [0, 0.05) is 28.0 Å². The zero-order valence-electron chi connectivity index (χ0n) is 14.6. The molecule has 0 radical (unpaired) electrons. The second-order valence-electron chi connectivity index (χ2n) is 6.54. The van der Waals surface area contributed by atoms with Gasteiger partial charge in [0.05, 0.1) is 0 Å². The molecule has 0 saturated carbocycles. The maximum atomic E-state index is 12.3. The third kappa shape index (κ3) is 5.34. The van der Waals surface area contributed by atoms with Crippen molar-refractivity contribution in [1.29, 1.82) is 0 Å². The Morgan fingerprint density at radius 3 is 2.23 bits per heavy atom. The normalized spacial score (nSPS) is 10.8. The molecule has 0 bridgehead atoms. The predicted octanol–water partition coefficient (Wildman–Crippen LogP) is 3.09. The molecule has 0 aliphatic heterocycles. The summed E-state index contributed by atoms with van der Waals surface area (Å²) in [5.41, 5.74) is 6.84. The number of hydrogen-bond acceptors (Lipinski definition) is 4. The van der Waals surface area contributed by atoms with Crippen molar-refractivity contribution >= 4 is 45.1 Å². The van der Waals surface area contributed by atoms with E-state index in [4.69, 9.17) is 12.2 Å². The molecule has 3 N–H and O–H groups in total. The van der Waals surface area contributed by atoms with E-state index in [-0.39, 0.29) is 22.3 Å². The Kier molecular flexibility index (Phi) is 6.44. The van der Waals surface area contributed by atoms with Crippen LogP contribution in [0.1, 0.15) is 47.1 Å². The van der Waals surface area contributed by atoms with Crippen LogP contribution in [0.25, 0.3) is 0 Å². The lowest BCUT2D eigenvalue weighted by atomic mass is 9.86. The number of carbonyl (C=O) groups excluding carboxylic acids is 2. The minimum atomic E-state index is -0.388. The summed E-state index contributed by atoms with van der Waals surface area (Å²) in [5, 5.41) is 2.52. The number of carbonyl (C=O) groups is 2. The first-order chi connectivity index (χ1) is 12.2. The van der Waals surface area contributed by atoms with Gasteiger partial charge in [0.2, 0.25) is 0 Å². The van der Waals surface area contributed by atoms with E-state index < -0.39 is 0 Å². The zero-order chi connectivity index (χ0) is 19.3. The molecule has 0 aliphatic rings. The lowest BCUT2D eigenvalue weighted by Crippen LogP contribution is -2.48. The average Bonchev–Trinajstić information content (AvgIpc) is 2.59. The van der Waals surface area contributed by atoms with Crippen LogP contribution in [0, 0.1) is 0 Å². The molecule has 0 saturated heterocycles. The van der Waals surface area contributed by atoms with E-state index in [1.165, 1.54) is 12.4 Å². The number of aromatic nitrogens is 1. The number of hydrazine groups is 1. The summed E-state index contributed by atoms with van der Waals surface area (Å²) in [7, 11) is 0. The average molecular weight is 435 g/mol. The Hall–Kier alpha value is -2.32. The highest BCUT2D eigenvalue weighted by Crippen LogP contribution is 2.30. The molecular formula is C18H19BrN4O2S. The Bertz CT molecular complexity index is 835. The molecular weight excluding hydrogens is 416 g/mol. The van der Waals surface area contributed by atoms with E-state index in [1.807, 2.05) is 6.07 Å². The number of benzene rings is 1. The molecule has 2 rings (SSSR count). The standard InChI is InChI=1S/C18H19BrN4O2S/c1-18(2,3)13-5-4-12(10-14(13)19)15(24)21-17(26)23-22-16(25)11-6-8-20-9-7-11/h4-10H,1-3H3,(H,22,25)(H2,21,23,24,26). The van der Waals surface area contributed by atoms with Gasteiger partial charge < -0.3 is 0 Å². The first-order valence-electron chi connectivity index (χ1n) is 7.80. The Morgan fingerprint density at radius 2 is 1.65 bits per heavy atom. The first kappa shape index (κ1) is 20.0. The summed E-state index contributed by atoms with van der Waals surface area (Å²) in [6.07, 6.45) is 3.02. The molecule has 0 spiro atoms. The van der Waals surface area contributed by atoms with Gasteiger partial charge in [-0.1, -0.05) is 42.8 Å². The lowest BCUT2D eigenvalue weighted by Gasteiger charge is -2.21. The van der Waals surface area contributed by atoms with Gasteiger partial charge in [0.25, 0.3) is 11.8 Å². The maximum absolute atomic E-state index is 12.3. The molecule has 26 heavy (non-hydrogen) atoms. The molecule has 6 nitrogen and oxygen atoms in total. The predicted molar refractivity (Wildman–Crippen MR) is 108 cm³/mol. The van der Waals surface area contributed by atoms with Crippen molar-refractivity contribution in [3.8, 4) is 0 Å². The third-order valence-corrected chi connectivity index (χ3v) is 4.36.